The summed E-state index contributed by atoms with van der Waals surface area (Å²) in [6.07, 6.45) is 1.24. The Kier molecular flexibility index (Phi) is 6.23. The van der Waals surface area contributed by atoms with E-state index in [-0.39, 0.29) is 36.2 Å². The molecule has 0 aromatic heterocycles. The van der Waals surface area contributed by atoms with Crippen molar-refractivity contribution in [3.05, 3.63) is 29.3 Å². The first kappa shape index (κ1) is 18.3. The highest BCUT2D eigenvalue weighted by Gasteiger charge is 2.15. The average molecular weight is 326 g/mol. The highest BCUT2D eigenvalue weighted by molar-refractivity contribution is 5.95. The van der Waals surface area contributed by atoms with Crippen LogP contribution in [0.4, 0.5) is 5.69 Å². The molecule has 5 nitrogen and oxygen atoms in total. The Balaban J connectivity index is 0.00000242. The molecule has 122 valence electrons. The van der Waals surface area contributed by atoms with Gasteiger partial charge in [0.2, 0.25) is 5.91 Å². The van der Waals surface area contributed by atoms with E-state index in [1.807, 2.05) is 39.0 Å². The molecule has 0 fully saturated rings. The summed E-state index contributed by atoms with van der Waals surface area (Å²) in [5, 5.41) is 8.92. The Labute approximate surface area is 137 Å². The number of benzene rings is 1. The number of hydrogen-bond donors (Lipinski definition) is 3. The van der Waals surface area contributed by atoms with Gasteiger partial charge in [-0.3, -0.25) is 9.59 Å². The van der Waals surface area contributed by atoms with Gasteiger partial charge in [0.15, 0.2) is 0 Å². The maximum Gasteiger partial charge on any atom is 0.251 e. The number of rotatable bonds is 4. The van der Waals surface area contributed by atoms with E-state index in [1.165, 1.54) is 5.56 Å². The third-order valence-corrected chi connectivity index (χ3v) is 3.23. The molecule has 0 atom stereocenters. The van der Waals surface area contributed by atoms with Gasteiger partial charge in [-0.15, -0.1) is 12.4 Å². The van der Waals surface area contributed by atoms with Crippen molar-refractivity contribution in [2.75, 3.05) is 18.4 Å². The van der Waals surface area contributed by atoms with Gasteiger partial charge in [0.25, 0.3) is 5.91 Å². The molecule has 1 heterocycles. The van der Waals surface area contributed by atoms with Gasteiger partial charge in [-0.05, 0) is 51.0 Å². The van der Waals surface area contributed by atoms with Gasteiger partial charge in [-0.25, -0.2) is 0 Å². The normalized spacial score (nSPS) is 12.7. The number of nitrogens with one attached hydrogen (secondary N) is 3. The molecular weight excluding hydrogens is 302 g/mol. The first-order chi connectivity index (χ1) is 9.85. The predicted octanol–water partition coefficient (Wildman–Crippen LogP) is 2.11. The standard InChI is InChI=1S/C16H23N3O2.ClH/c1-16(2,3)19-14(20)7-9-18-15(21)12-4-5-13-11(10-12)6-8-17-13;/h4-5,10,17H,6-9H2,1-3H3,(H,18,21)(H,19,20);1H. The summed E-state index contributed by atoms with van der Waals surface area (Å²) in [6.45, 7) is 7.07. The van der Waals surface area contributed by atoms with Crippen LogP contribution >= 0.6 is 12.4 Å². The molecule has 1 aromatic rings. The minimum absolute atomic E-state index is 0. The molecule has 2 rings (SSSR count). The van der Waals surface area contributed by atoms with Crippen LogP contribution in [0.25, 0.3) is 0 Å². The second-order valence-electron chi connectivity index (χ2n) is 6.35. The van der Waals surface area contributed by atoms with Gasteiger partial charge in [0.05, 0.1) is 0 Å². The molecule has 0 bridgehead atoms. The van der Waals surface area contributed by atoms with E-state index in [9.17, 15) is 9.59 Å². The number of carbonyl (C=O) groups excluding carboxylic acids is 2. The van der Waals surface area contributed by atoms with Crippen molar-refractivity contribution >= 4 is 29.9 Å². The van der Waals surface area contributed by atoms with E-state index < -0.39 is 0 Å². The van der Waals surface area contributed by atoms with Crippen LogP contribution in [0, 0.1) is 0 Å². The van der Waals surface area contributed by atoms with E-state index in [2.05, 4.69) is 16.0 Å². The minimum Gasteiger partial charge on any atom is -0.384 e. The second-order valence-corrected chi connectivity index (χ2v) is 6.35. The molecule has 22 heavy (non-hydrogen) atoms. The van der Waals surface area contributed by atoms with Gasteiger partial charge >= 0.3 is 0 Å². The van der Waals surface area contributed by atoms with Crippen molar-refractivity contribution < 1.29 is 9.59 Å². The number of hydrogen-bond acceptors (Lipinski definition) is 3. The number of halogens is 1. The first-order valence-corrected chi connectivity index (χ1v) is 7.31. The number of carbonyl (C=O) groups is 2. The molecule has 1 aliphatic rings. The Morgan fingerprint density at radius 2 is 2.00 bits per heavy atom. The topological polar surface area (TPSA) is 70.2 Å². The molecule has 1 aliphatic heterocycles. The zero-order valence-corrected chi connectivity index (χ0v) is 14.1. The summed E-state index contributed by atoms with van der Waals surface area (Å²) in [6, 6.07) is 5.66. The molecule has 0 unspecified atom stereocenters. The first-order valence-electron chi connectivity index (χ1n) is 7.31. The van der Waals surface area contributed by atoms with Crippen LogP contribution in [-0.2, 0) is 11.2 Å². The summed E-state index contributed by atoms with van der Waals surface area (Å²) < 4.78 is 0. The lowest BCUT2D eigenvalue weighted by atomic mass is 10.1. The van der Waals surface area contributed by atoms with E-state index in [0.29, 0.717) is 12.1 Å². The van der Waals surface area contributed by atoms with Gasteiger partial charge in [-0.1, -0.05) is 0 Å². The van der Waals surface area contributed by atoms with Crippen molar-refractivity contribution in [2.24, 2.45) is 0 Å². The number of anilines is 1. The summed E-state index contributed by atoms with van der Waals surface area (Å²) >= 11 is 0. The Morgan fingerprint density at radius 1 is 1.27 bits per heavy atom. The van der Waals surface area contributed by atoms with Crippen LogP contribution in [0.5, 0.6) is 0 Å². The quantitative estimate of drug-likeness (QED) is 0.794. The highest BCUT2D eigenvalue weighted by atomic mass is 35.5. The molecular formula is C16H24ClN3O2. The minimum atomic E-state index is -0.242. The van der Waals surface area contributed by atoms with Crippen molar-refractivity contribution in [1.82, 2.24) is 10.6 Å². The molecule has 0 saturated heterocycles. The van der Waals surface area contributed by atoms with Gasteiger partial charge in [0.1, 0.15) is 0 Å². The van der Waals surface area contributed by atoms with E-state index in [0.717, 1.165) is 18.7 Å². The van der Waals surface area contributed by atoms with E-state index in [1.54, 1.807) is 0 Å². The number of fused-ring (bicyclic) bond motifs is 1. The fourth-order valence-corrected chi connectivity index (χ4v) is 2.32. The lowest BCUT2D eigenvalue weighted by molar-refractivity contribution is -0.122. The molecule has 0 radical (unpaired) electrons. The lowest BCUT2D eigenvalue weighted by Crippen LogP contribution is -2.41. The zero-order valence-electron chi connectivity index (χ0n) is 13.3. The monoisotopic (exact) mass is 325 g/mol. The second kappa shape index (κ2) is 7.49. The Bertz CT molecular complexity index is 553. The van der Waals surface area contributed by atoms with Gasteiger partial charge < -0.3 is 16.0 Å². The zero-order chi connectivity index (χ0) is 15.5. The van der Waals surface area contributed by atoms with Crippen LogP contribution in [0.2, 0.25) is 0 Å². The summed E-state index contributed by atoms with van der Waals surface area (Å²) in [5.74, 6) is -0.186. The summed E-state index contributed by atoms with van der Waals surface area (Å²) in [4.78, 5) is 23.7. The smallest absolute Gasteiger partial charge is 0.251 e. The largest absolute Gasteiger partial charge is 0.384 e. The van der Waals surface area contributed by atoms with Crippen LogP contribution in [0.15, 0.2) is 18.2 Å². The van der Waals surface area contributed by atoms with Crippen molar-refractivity contribution in [1.29, 1.82) is 0 Å². The Morgan fingerprint density at radius 3 is 2.68 bits per heavy atom. The summed E-state index contributed by atoms with van der Waals surface area (Å²) in [5.41, 5.74) is 2.69. The SMILES string of the molecule is CC(C)(C)NC(=O)CCNC(=O)c1ccc2c(c1)CCN2.Cl. The average Bonchev–Trinajstić information content (AvgIpc) is 2.83. The molecule has 0 saturated carbocycles. The van der Waals surface area contributed by atoms with Crippen molar-refractivity contribution in [2.45, 2.75) is 39.2 Å². The molecule has 0 spiro atoms. The van der Waals surface area contributed by atoms with Gasteiger partial charge in [-0.2, -0.15) is 0 Å². The molecule has 0 aliphatic carbocycles. The van der Waals surface area contributed by atoms with Crippen LogP contribution in [-0.4, -0.2) is 30.4 Å². The Hall–Kier alpha value is -1.75. The number of amides is 2. The fraction of sp³-hybridized carbons (Fsp3) is 0.500. The molecule has 1 aromatic carbocycles. The van der Waals surface area contributed by atoms with Crippen molar-refractivity contribution in [3.8, 4) is 0 Å². The van der Waals surface area contributed by atoms with Crippen LogP contribution < -0.4 is 16.0 Å². The van der Waals surface area contributed by atoms with Crippen LogP contribution in [0.3, 0.4) is 0 Å². The summed E-state index contributed by atoms with van der Waals surface area (Å²) in [7, 11) is 0. The van der Waals surface area contributed by atoms with E-state index >= 15 is 0 Å². The third kappa shape index (κ3) is 5.22. The van der Waals surface area contributed by atoms with E-state index in [4.69, 9.17) is 0 Å². The predicted molar refractivity (Wildman–Crippen MR) is 90.7 cm³/mol. The van der Waals surface area contributed by atoms with Crippen molar-refractivity contribution in [3.63, 3.8) is 0 Å². The third-order valence-electron chi connectivity index (χ3n) is 3.23. The highest BCUT2D eigenvalue weighted by Crippen LogP contribution is 2.22. The van der Waals surface area contributed by atoms with Crippen LogP contribution in [0.1, 0.15) is 43.1 Å². The maximum atomic E-state index is 12.0. The van der Waals surface area contributed by atoms with Gasteiger partial charge in [0, 0.05) is 36.3 Å². The molecule has 2 amide bonds. The lowest BCUT2D eigenvalue weighted by Gasteiger charge is -2.20. The molecule has 3 N–H and O–H groups in total. The molecule has 6 heteroatoms. The fourth-order valence-electron chi connectivity index (χ4n) is 2.32. The maximum absolute atomic E-state index is 12.0.